The molecule has 16 heavy (non-hydrogen) atoms. The highest BCUT2D eigenvalue weighted by Gasteiger charge is 2.25. The summed E-state index contributed by atoms with van der Waals surface area (Å²) in [5, 5.41) is 7.24. The highest BCUT2D eigenvalue weighted by atomic mass is 35.5. The second-order valence-electron chi connectivity index (χ2n) is 4.19. The van der Waals surface area contributed by atoms with Gasteiger partial charge in [0.05, 0.1) is 6.54 Å². The molecule has 6 heteroatoms. The third-order valence-electron chi connectivity index (χ3n) is 3.07. The van der Waals surface area contributed by atoms with Gasteiger partial charge in [0.15, 0.2) is 5.82 Å². The van der Waals surface area contributed by atoms with Crippen LogP contribution in [0.5, 0.6) is 0 Å². The Bertz CT molecular complexity index is 330. The van der Waals surface area contributed by atoms with Crippen molar-refractivity contribution in [2.24, 2.45) is 0 Å². The zero-order valence-electron chi connectivity index (χ0n) is 9.93. The van der Waals surface area contributed by atoms with Crippen molar-refractivity contribution in [3.05, 3.63) is 11.7 Å². The second kappa shape index (κ2) is 5.61. The van der Waals surface area contributed by atoms with Gasteiger partial charge in [-0.05, 0) is 20.8 Å². The molecule has 2 unspecified atom stereocenters. The summed E-state index contributed by atoms with van der Waals surface area (Å²) in [6.45, 7) is 9.09. The number of hydrogen-bond acceptors (Lipinski definition) is 5. The zero-order valence-corrected chi connectivity index (χ0v) is 10.8. The van der Waals surface area contributed by atoms with E-state index in [4.69, 9.17) is 4.52 Å². The van der Waals surface area contributed by atoms with Crippen molar-refractivity contribution >= 4 is 12.4 Å². The molecule has 0 aromatic carbocycles. The molecule has 92 valence electrons. The molecular weight excluding hydrogens is 228 g/mol. The normalized spacial score (nSPS) is 26.4. The lowest BCUT2D eigenvalue weighted by atomic mass is 10.1. The predicted molar refractivity (Wildman–Crippen MR) is 63.6 cm³/mol. The van der Waals surface area contributed by atoms with Crippen LogP contribution in [-0.2, 0) is 6.54 Å². The lowest BCUT2D eigenvalue weighted by Crippen LogP contribution is -2.54. The SMILES string of the molecule is Cc1noc(CN2CCNC(C)C2C)n1.Cl. The van der Waals surface area contributed by atoms with Gasteiger partial charge in [0.1, 0.15) is 0 Å². The molecule has 0 radical (unpaired) electrons. The summed E-state index contributed by atoms with van der Waals surface area (Å²) >= 11 is 0. The van der Waals surface area contributed by atoms with Gasteiger partial charge >= 0.3 is 0 Å². The first-order valence-electron chi connectivity index (χ1n) is 5.43. The molecule has 1 aromatic heterocycles. The van der Waals surface area contributed by atoms with E-state index in [1.165, 1.54) is 0 Å². The number of hydrogen-bond donors (Lipinski definition) is 1. The summed E-state index contributed by atoms with van der Waals surface area (Å²) in [4.78, 5) is 6.59. The maximum absolute atomic E-state index is 5.13. The highest BCUT2D eigenvalue weighted by molar-refractivity contribution is 5.85. The minimum atomic E-state index is 0. The molecule has 0 bridgehead atoms. The first-order chi connectivity index (χ1) is 7.16. The third kappa shape index (κ3) is 2.93. The molecule has 1 saturated heterocycles. The molecule has 1 aliphatic rings. The Balaban J connectivity index is 0.00000128. The van der Waals surface area contributed by atoms with Gasteiger partial charge in [0.2, 0.25) is 5.89 Å². The van der Waals surface area contributed by atoms with Gasteiger partial charge in [-0.25, -0.2) is 0 Å². The summed E-state index contributed by atoms with van der Waals surface area (Å²) in [6.07, 6.45) is 0. The van der Waals surface area contributed by atoms with E-state index in [1.54, 1.807) is 0 Å². The molecule has 2 heterocycles. The van der Waals surface area contributed by atoms with Crippen molar-refractivity contribution in [2.75, 3.05) is 13.1 Å². The van der Waals surface area contributed by atoms with Crippen LogP contribution in [0.25, 0.3) is 0 Å². The summed E-state index contributed by atoms with van der Waals surface area (Å²) in [7, 11) is 0. The van der Waals surface area contributed by atoms with E-state index in [1.807, 2.05) is 6.92 Å². The molecule has 1 fully saturated rings. The Morgan fingerprint density at radius 1 is 1.50 bits per heavy atom. The fourth-order valence-electron chi connectivity index (χ4n) is 1.93. The molecule has 0 spiro atoms. The maximum atomic E-state index is 5.13. The van der Waals surface area contributed by atoms with Gasteiger partial charge in [0.25, 0.3) is 0 Å². The Hall–Kier alpha value is -0.650. The molecule has 1 aliphatic heterocycles. The summed E-state index contributed by atoms with van der Waals surface area (Å²) in [5.74, 6) is 1.43. The third-order valence-corrected chi connectivity index (χ3v) is 3.07. The van der Waals surface area contributed by atoms with Crippen LogP contribution < -0.4 is 5.32 Å². The number of aromatic nitrogens is 2. The maximum Gasteiger partial charge on any atom is 0.240 e. The van der Waals surface area contributed by atoms with Crippen molar-refractivity contribution < 1.29 is 4.52 Å². The molecule has 2 rings (SSSR count). The van der Waals surface area contributed by atoms with Crippen LogP contribution in [0, 0.1) is 6.92 Å². The summed E-state index contributed by atoms with van der Waals surface area (Å²) < 4.78 is 5.13. The molecule has 5 nitrogen and oxygen atoms in total. The summed E-state index contributed by atoms with van der Waals surface area (Å²) in [6, 6.07) is 1.02. The van der Waals surface area contributed by atoms with Crippen molar-refractivity contribution in [3.8, 4) is 0 Å². The minimum absolute atomic E-state index is 0. The van der Waals surface area contributed by atoms with Gasteiger partial charge in [-0.2, -0.15) is 4.98 Å². The minimum Gasteiger partial charge on any atom is -0.338 e. The smallest absolute Gasteiger partial charge is 0.240 e. The molecule has 0 saturated carbocycles. The van der Waals surface area contributed by atoms with E-state index in [0.29, 0.717) is 23.8 Å². The molecule has 1 aromatic rings. The van der Waals surface area contributed by atoms with Gasteiger partial charge in [0, 0.05) is 25.2 Å². The number of rotatable bonds is 2. The Morgan fingerprint density at radius 3 is 2.88 bits per heavy atom. The zero-order chi connectivity index (χ0) is 10.8. The van der Waals surface area contributed by atoms with E-state index in [-0.39, 0.29) is 12.4 Å². The topological polar surface area (TPSA) is 54.2 Å². The van der Waals surface area contributed by atoms with Crippen molar-refractivity contribution in [2.45, 2.75) is 39.4 Å². The molecule has 2 atom stereocenters. The quantitative estimate of drug-likeness (QED) is 0.843. The first-order valence-corrected chi connectivity index (χ1v) is 5.43. The van der Waals surface area contributed by atoms with Crippen LogP contribution in [0.4, 0.5) is 0 Å². The molecular formula is C10H19ClN4O. The fourth-order valence-corrected chi connectivity index (χ4v) is 1.93. The van der Waals surface area contributed by atoms with Gasteiger partial charge in [-0.1, -0.05) is 5.16 Å². The van der Waals surface area contributed by atoms with E-state index in [2.05, 4.69) is 34.2 Å². The molecule has 0 amide bonds. The fraction of sp³-hybridized carbons (Fsp3) is 0.800. The van der Waals surface area contributed by atoms with E-state index >= 15 is 0 Å². The number of halogens is 1. The summed E-state index contributed by atoms with van der Waals surface area (Å²) in [5.41, 5.74) is 0. The predicted octanol–water partition coefficient (Wildman–Crippen LogP) is 0.982. The van der Waals surface area contributed by atoms with Crippen molar-refractivity contribution in [1.29, 1.82) is 0 Å². The van der Waals surface area contributed by atoms with Crippen LogP contribution in [0.2, 0.25) is 0 Å². The van der Waals surface area contributed by atoms with Crippen molar-refractivity contribution in [3.63, 3.8) is 0 Å². The van der Waals surface area contributed by atoms with Crippen LogP contribution >= 0.6 is 12.4 Å². The highest BCUT2D eigenvalue weighted by Crippen LogP contribution is 2.12. The Kier molecular flexibility index (Phi) is 4.70. The molecule has 0 aliphatic carbocycles. The van der Waals surface area contributed by atoms with Gasteiger partial charge in [-0.3, -0.25) is 4.90 Å². The van der Waals surface area contributed by atoms with Crippen LogP contribution in [-0.4, -0.2) is 40.2 Å². The number of aryl methyl sites for hydroxylation is 1. The van der Waals surface area contributed by atoms with Crippen molar-refractivity contribution in [1.82, 2.24) is 20.4 Å². The van der Waals surface area contributed by atoms with Crippen LogP contribution in [0.15, 0.2) is 4.52 Å². The van der Waals surface area contributed by atoms with Crippen LogP contribution in [0.3, 0.4) is 0 Å². The van der Waals surface area contributed by atoms with Crippen LogP contribution in [0.1, 0.15) is 25.6 Å². The van der Waals surface area contributed by atoms with E-state index in [0.717, 1.165) is 19.6 Å². The second-order valence-corrected chi connectivity index (χ2v) is 4.19. The number of piperazine rings is 1. The standard InChI is InChI=1S/C10H18N4O.ClH/c1-7-8(2)14(5-4-11-7)6-10-12-9(3)13-15-10;/h7-8,11H,4-6H2,1-3H3;1H. The first kappa shape index (κ1) is 13.4. The Morgan fingerprint density at radius 2 is 2.25 bits per heavy atom. The average Bonchev–Trinajstić information content (AvgIpc) is 2.59. The van der Waals surface area contributed by atoms with E-state index < -0.39 is 0 Å². The number of nitrogens with one attached hydrogen (secondary N) is 1. The lowest BCUT2D eigenvalue weighted by Gasteiger charge is -2.37. The largest absolute Gasteiger partial charge is 0.338 e. The van der Waals surface area contributed by atoms with E-state index in [9.17, 15) is 0 Å². The Labute approximate surface area is 102 Å². The van der Waals surface area contributed by atoms with Gasteiger partial charge < -0.3 is 9.84 Å². The molecule has 1 N–H and O–H groups in total. The van der Waals surface area contributed by atoms with Gasteiger partial charge in [-0.15, -0.1) is 12.4 Å². The monoisotopic (exact) mass is 246 g/mol. The lowest BCUT2D eigenvalue weighted by molar-refractivity contribution is 0.116. The average molecular weight is 247 g/mol. The number of nitrogens with zero attached hydrogens (tertiary/aromatic N) is 3.